The van der Waals surface area contributed by atoms with E-state index in [1.54, 1.807) is 0 Å². The molecule has 0 aromatic carbocycles. The monoisotopic (exact) mass is 336 g/mol. The molecule has 2 fully saturated rings. The van der Waals surface area contributed by atoms with Gasteiger partial charge in [0.05, 0.1) is 0 Å². The molecule has 4 nitrogen and oxygen atoms in total. The SMILES string of the molecule is CC1(CNC(=O)N2CCC(O)(C(F)(F)F)CC2)CCCCCC1. The molecule has 0 unspecified atom stereocenters. The van der Waals surface area contributed by atoms with Gasteiger partial charge in [-0.25, -0.2) is 4.79 Å². The van der Waals surface area contributed by atoms with Crippen molar-refractivity contribution in [1.82, 2.24) is 10.2 Å². The summed E-state index contributed by atoms with van der Waals surface area (Å²) >= 11 is 0. The third-order valence-electron chi connectivity index (χ3n) is 5.38. The summed E-state index contributed by atoms with van der Waals surface area (Å²) in [4.78, 5) is 13.6. The van der Waals surface area contributed by atoms with E-state index < -0.39 is 24.6 Å². The van der Waals surface area contributed by atoms with Crippen molar-refractivity contribution in [2.75, 3.05) is 19.6 Å². The fraction of sp³-hybridized carbons (Fsp3) is 0.938. The highest BCUT2D eigenvalue weighted by atomic mass is 19.4. The topological polar surface area (TPSA) is 52.6 Å². The van der Waals surface area contributed by atoms with Crippen LogP contribution in [0.5, 0.6) is 0 Å². The number of rotatable bonds is 2. The van der Waals surface area contributed by atoms with Gasteiger partial charge in [0.1, 0.15) is 0 Å². The predicted octanol–water partition coefficient (Wildman–Crippen LogP) is 3.45. The smallest absolute Gasteiger partial charge is 0.380 e. The number of hydrogen-bond acceptors (Lipinski definition) is 2. The molecule has 23 heavy (non-hydrogen) atoms. The molecule has 1 heterocycles. The van der Waals surface area contributed by atoms with Crippen molar-refractivity contribution >= 4 is 6.03 Å². The molecular formula is C16H27F3N2O2. The van der Waals surface area contributed by atoms with E-state index in [0.29, 0.717) is 6.54 Å². The molecule has 0 aromatic rings. The van der Waals surface area contributed by atoms with Crippen molar-refractivity contribution in [2.45, 2.75) is 70.1 Å². The van der Waals surface area contributed by atoms with Crippen LogP contribution < -0.4 is 5.32 Å². The number of aliphatic hydroxyl groups is 1. The summed E-state index contributed by atoms with van der Waals surface area (Å²) in [6.45, 7) is 2.58. The van der Waals surface area contributed by atoms with Gasteiger partial charge in [0.2, 0.25) is 0 Å². The molecule has 2 N–H and O–H groups in total. The second-order valence-corrected chi connectivity index (χ2v) is 7.40. The number of likely N-dealkylation sites (tertiary alicyclic amines) is 1. The summed E-state index contributed by atoms with van der Waals surface area (Å²) in [6.07, 6.45) is 1.37. The normalized spacial score (nSPS) is 24.8. The third-order valence-corrected chi connectivity index (χ3v) is 5.38. The van der Waals surface area contributed by atoms with E-state index in [4.69, 9.17) is 0 Å². The lowest BCUT2D eigenvalue weighted by molar-refractivity contribution is -0.271. The Hall–Kier alpha value is -0.980. The largest absolute Gasteiger partial charge is 0.417 e. The predicted molar refractivity (Wildman–Crippen MR) is 81.0 cm³/mol. The van der Waals surface area contributed by atoms with Crippen LogP contribution in [0.25, 0.3) is 0 Å². The van der Waals surface area contributed by atoms with Crippen LogP contribution in [0.2, 0.25) is 0 Å². The number of carbonyl (C=O) groups is 1. The lowest BCUT2D eigenvalue weighted by Gasteiger charge is -2.39. The van der Waals surface area contributed by atoms with Gasteiger partial charge in [0.15, 0.2) is 5.60 Å². The van der Waals surface area contributed by atoms with Crippen LogP contribution in [0.1, 0.15) is 58.3 Å². The first-order valence-electron chi connectivity index (χ1n) is 8.47. The van der Waals surface area contributed by atoms with E-state index in [2.05, 4.69) is 12.2 Å². The van der Waals surface area contributed by atoms with Gasteiger partial charge in [-0.1, -0.05) is 32.6 Å². The average Bonchev–Trinajstić information content (AvgIpc) is 2.70. The number of urea groups is 1. The summed E-state index contributed by atoms with van der Waals surface area (Å²) in [6, 6.07) is -0.320. The highest BCUT2D eigenvalue weighted by Crippen LogP contribution is 2.38. The Morgan fingerprint density at radius 2 is 1.61 bits per heavy atom. The molecule has 1 aliphatic carbocycles. The summed E-state index contributed by atoms with van der Waals surface area (Å²) < 4.78 is 38.3. The van der Waals surface area contributed by atoms with Crippen LogP contribution in [0.15, 0.2) is 0 Å². The number of amides is 2. The van der Waals surface area contributed by atoms with E-state index in [1.807, 2.05) is 0 Å². The Morgan fingerprint density at radius 3 is 2.09 bits per heavy atom. The van der Waals surface area contributed by atoms with E-state index in [0.717, 1.165) is 25.7 Å². The van der Waals surface area contributed by atoms with Crippen LogP contribution in [0.3, 0.4) is 0 Å². The minimum atomic E-state index is -4.64. The molecule has 134 valence electrons. The van der Waals surface area contributed by atoms with E-state index >= 15 is 0 Å². The first-order valence-corrected chi connectivity index (χ1v) is 8.47. The number of nitrogens with zero attached hydrogens (tertiary/aromatic N) is 1. The Kier molecular flexibility index (Phi) is 5.48. The molecule has 1 saturated carbocycles. The average molecular weight is 336 g/mol. The molecule has 2 amide bonds. The van der Waals surface area contributed by atoms with Gasteiger partial charge in [-0.15, -0.1) is 0 Å². The van der Waals surface area contributed by atoms with E-state index in [9.17, 15) is 23.1 Å². The van der Waals surface area contributed by atoms with Gasteiger partial charge in [0.25, 0.3) is 0 Å². The van der Waals surface area contributed by atoms with Crippen LogP contribution in [-0.4, -0.2) is 47.4 Å². The summed E-state index contributed by atoms with van der Waals surface area (Å²) in [5.74, 6) is 0. The van der Waals surface area contributed by atoms with Gasteiger partial charge >= 0.3 is 12.2 Å². The molecule has 0 atom stereocenters. The highest BCUT2D eigenvalue weighted by Gasteiger charge is 2.54. The lowest BCUT2D eigenvalue weighted by Crippen LogP contribution is -2.56. The third kappa shape index (κ3) is 4.52. The summed E-state index contributed by atoms with van der Waals surface area (Å²) in [5, 5.41) is 12.5. The number of alkyl halides is 3. The fourth-order valence-electron chi connectivity index (χ4n) is 3.52. The van der Waals surface area contributed by atoms with Crippen molar-refractivity contribution in [2.24, 2.45) is 5.41 Å². The Bertz CT molecular complexity index is 410. The molecule has 1 saturated heterocycles. The van der Waals surface area contributed by atoms with Gasteiger partial charge in [-0.3, -0.25) is 0 Å². The second-order valence-electron chi connectivity index (χ2n) is 7.40. The minimum absolute atomic E-state index is 0.0709. The summed E-state index contributed by atoms with van der Waals surface area (Å²) in [7, 11) is 0. The Labute approximate surface area is 135 Å². The Morgan fingerprint density at radius 1 is 1.09 bits per heavy atom. The number of piperidine rings is 1. The van der Waals surface area contributed by atoms with E-state index in [1.165, 1.54) is 17.7 Å². The van der Waals surface area contributed by atoms with Crippen LogP contribution in [0, 0.1) is 5.41 Å². The molecule has 1 aliphatic heterocycles. The zero-order valence-electron chi connectivity index (χ0n) is 13.7. The fourth-order valence-corrected chi connectivity index (χ4v) is 3.52. The Balaban J connectivity index is 1.81. The zero-order chi connectivity index (χ0) is 17.1. The molecule has 0 bridgehead atoms. The zero-order valence-corrected chi connectivity index (χ0v) is 13.7. The van der Waals surface area contributed by atoms with Crippen molar-refractivity contribution in [3.8, 4) is 0 Å². The van der Waals surface area contributed by atoms with Crippen molar-refractivity contribution in [3.05, 3.63) is 0 Å². The molecule has 0 radical (unpaired) electrons. The molecule has 0 aromatic heterocycles. The minimum Gasteiger partial charge on any atom is -0.380 e. The molecular weight excluding hydrogens is 309 g/mol. The molecule has 2 aliphatic rings. The van der Waals surface area contributed by atoms with E-state index in [-0.39, 0.29) is 24.5 Å². The quantitative estimate of drug-likeness (QED) is 0.759. The van der Waals surface area contributed by atoms with Crippen molar-refractivity contribution in [3.63, 3.8) is 0 Å². The van der Waals surface area contributed by atoms with Crippen LogP contribution >= 0.6 is 0 Å². The van der Waals surface area contributed by atoms with Gasteiger partial charge in [0, 0.05) is 32.5 Å². The maximum atomic E-state index is 12.8. The van der Waals surface area contributed by atoms with Crippen molar-refractivity contribution in [1.29, 1.82) is 0 Å². The number of halogens is 3. The number of hydrogen-bond donors (Lipinski definition) is 2. The maximum Gasteiger partial charge on any atom is 0.417 e. The lowest BCUT2D eigenvalue weighted by atomic mass is 9.82. The van der Waals surface area contributed by atoms with Gasteiger partial charge < -0.3 is 15.3 Å². The standard InChI is InChI=1S/C16H27F3N2O2/c1-14(6-4-2-3-5-7-14)12-20-13(22)21-10-8-15(23,9-11-21)16(17,18)19/h23H,2-12H2,1H3,(H,20,22). The highest BCUT2D eigenvalue weighted by molar-refractivity contribution is 5.74. The molecule has 2 rings (SSSR count). The van der Waals surface area contributed by atoms with Crippen LogP contribution in [-0.2, 0) is 0 Å². The van der Waals surface area contributed by atoms with Crippen LogP contribution in [0.4, 0.5) is 18.0 Å². The first kappa shape index (κ1) is 18.4. The second kappa shape index (κ2) is 6.87. The number of nitrogens with one attached hydrogen (secondary N) is 1. The van der Waals surface area contributed by atoms with Gasteiger partial charge in [-0.05, 0) is 18.3 Å². The maximum absolute atomic E-state index is 12.8. The number of carbonyl (C=O) groups excluding carboxylic acids is 1. The van der Waals surface area contributed by atoms with Gasteiger partial charge in [-0.2, -0.15) is 13.2 Å². The molecule has 7 heteroatoms. The summed E-state index contributed by atoms with van der Waals surface area (Å²) in [5.41, 5.74) is -2.58. The van der Waals surface area contributed by atoms with Crippen molar-refractivity contribution < 1.29 is 23.1 Å². The first-order chi connectivity index (χ1) is 10.7. The molecule has 0 spiro atoms.